The molecule has 7 nitrogen and oxygen atoms in total. The normalized spacial score (nSPS) is 11.2. The van der Waals surface area contributed by atoms with E-state index in [-0.39, 0.29) is 18.0 Å². The Morgan fingerprint density at radius 2 is 1.83 bits per heavy atom. The summed E-state index contributed by atoms with van der Waals surface area (Å²) in [7, 11) is -2.11. The molecule has 3 aromatic rings. The van der Waals surface area contributed by atoms with Gasteiger partial charge < -0.3 is 10.1 Å². The molecule has 0 bridgehead atoms. The van der Waals surface area contributed by atoms with E-state index in [1.54, 1.807) is 18.2 Å². The Bertz CT molecular complexity index is 1180. The molecule has 8 heteroatoms. The van der Waals surface area contributed by atoms with Crippen LogP contribution in [-0.4, -0.2) is 33.6 Å². The second-order valence-corrected chi connectivity index (χ2v) is 8.34. The van der Waals surface area contributed by atoms with E-state index in [4.69, 9.17) is 4.74 Å². The molecule has 0 spiro atoms. The maximum atomic E-state index is 12.4. The number of pyridine rings is 1. The van der Waals surface area contributed by atoms with Crippen LogP contribution in [0.2, 0.25) is 0 Å². The van der Waals surface area contributed by atoms with Crippen LogP contribution in [0.15, 0.2) is 47.4 Å². The van der Waals surface area contributed by atoms with Gasteiger partial charge in [-0.15, -0.1) is 0 Å². The summed E-state index contributed by atoms with van der Waals surface area (Å²) in [6.07, 6.45) is 0. The zero-order valence-corrected chi connectivity index (χ0v) is 17.3. The van der Waals surface area contributed by atoms with E-state index in [2.05, 4.69) is 21.1 Å². The molecule has 2 N–H and O–H groups in total. The summed E-state index contributed by atoms with van der Waals surface area (Å²) in [4.78, 5) is 4.75. The van der Waals surface area contributed by atoms with E-state index < -0.39 is 10.0 Å². The maximum Gasteiger partial charge on any atom is 0.240 e. The van der Waals surface area contributed by atoms with Crippen LogP contribution in [0.3, 0.4) is 0 Å². The third-order valence-corrected chi connectivity index (χ3v) is 6.19. The second kappa shape index (κ2) is 8.47. The second-order valence-electron chi connectivity index (χ2n) is 6.58. The molecule has 2 aromatic carbocycles. The third-order valence-electron chi connectivity index (χ3n) is 4.71. The smallest absolute Gasteiger partial charge is 0.240 e. The summed E-state index contributed by atoms with van der Waals surface area (Å²) in [6.45, 7) is 4.43. The van der Waals surface area contributed by atoms with Crippen molar-refractivity contribution in [3.8, 4) is 11.8 Å². The number of ether oxygens (including phenoxy) is 1. The molecule has 29 heavy (non-hydrogen) atoms. The van der Waals surface area contributed by atoms with E-state index in [0.29, 0.717) is 17.1 Å². The number of aromatic nitrogens is 1. The molecule has 0 fully saturated rings. The lowest BCUT2D eigenvalue weighted by atomic mass is 10.0. The van der Waals surface area contributed by atoms with Crippen molar-refractivity contribution < 1.29 is 13.2 Å². The minimum absolute atomic E-state index is 0.145. The van der Waals surface area contributed by atoms with Gasteiger partial charge in [0.25, 0.3) is 0 Å². The fourth-order valence-corrected chi connectivity index (χ4v) is 3.94. The summed E-state index contributed by atoms with van der Waals surface area (Å²) in [5, 5.41) is 13.4. The molecule has 150 valence electrons. The number of rotatable bonds is 7. The summed E-state index contributed by atoms with van der Waals surface area (Å²) in [5.41, 5.74) is 3.41. The Hall–Kier alpha value is -3.15. The van der Waals surface area contributed by atoms with Crippen molar-refractivity contribution in [2.45, 2.75) is 18.7 Å². The molecule has 0 unspecified atom stereocenters. The van der Waals surface area contributed by atoms with Crippen LogP contribution in [0.25, 0.3) is 10.9 Å². The number of nitrogens with one attached hydrogen (secondary N) is 2. The number of hydrogen-bond acceptors (Lipinski definition) is 6. The lowest BCUT2D eigenvalue weighted by Gasteiger charge is -2.12. The van der Waals surface area contributed by atoms with E-state index in [0.717, 1.165) is 22.0 Å². The average Bonchev–Trinajstić information content (AvgIpc) is 2.73. The van der Waals surface area contributed by atoms with E-state index >= 15 is 0 Å². The van der Waals surface area contributed by atoms with Crippen molar-refractivity contribution in [2.75, 3.05) is 25.5 Å². The molecule has 0 radical (unpaired) electrons. The Balaban J connectivity index is 1.70. The van der Waals surface area contributed by atoms with Gasteiger partial charge in [-0.1, -0.05) is 12.1 Å². The van der Waals surface area contributed by atoms with Crippen LogP contribution < -0.4 is 14.8 Å². The van der Waals surface area contributed by atoms with Gasteiger partial charge in [-0.3, -0.25) is 0 Å². The zero-order valence-electron chi connectivity index (χ0n) is 16.5. The maximum absolute atomic E-state index is 12.4. The monoisotopic (exact) mass is 410 g/mol. The minimum atomic E-state index is -3.63. The largest absolute Gasteiger partial charge is 0.497 e. The van der Waals surface area contributed by atoms with Crippen LogP contribution in [0.5, 0.6) is 5.75 Å². The van der Waals surface area contributed by atoms with Gasteiger partial charge in [0.05, 0.1) is 23.1 Å². The highest BCUT2D eigenvalue weighted by atomic mass is 32.2. The van der Waals surface area contributed by atoms with Crippen LogP contribution in [0, 0.1) is 25.2 Å². The Morgan fingerprint density at radius 3 is 2.48 bits per heavy atom. The highest BCUT2D eigenvalue weighted by molar-refractivity contribution is 7.89. The van der Waals surface area contributed by atoms with Gasteiger partial charge in [0.15, 0.2) is 0 Å². The number of sulfonamides is 1. The number of benzene rings is 2. The van der Waals surface area contributed by atoms with E-state index in [9.17, 15) is 13.7 Å². The Kier molecular flexibility index (Phi) is 6.01. The standard InChI is InChI=1S/C21H22N4O3S/c1-14-4-5-16-12-17(13-22)21(25-20(16)15(14)2)23-10-11-24-29(26,27)19-8-6-18(28-3)7-9-19/h4-9,12,24H,10-11H2,1-3H3,(H,23,25). The van der Waals surface area contributed by atoms with Crippen molar-refractivity contribution >= 4 is 26.7 Å². The van der Waals surface area contributed by atoms with Crippen LogP contribution in [0.1, 0.15) is 16.7 Å². The van der Waals surface area contributed by atoms with Gasteiger partial charge in [0.2, 0.25) is 10.0 Å². The Labute approximate surface area is 170 Å². The predicted molar refractivity (Wildman–Crippen MR) is 113 cm³/mol. The topological polar surface area (TPSA) is 104 Å². The van der Waals surface area contributed by atoms with Gasteiger partial charge in [0.1, 0.15) is 17.6 Å². The number of nitriles is 1. The molecule has 0 saturated carbocycles. The fraction of sp³-hybridized carbons (Fsp3) is 0.238. The van der Waals surface area contributed by atoms with Crippen LogP contribution in [0.4, 0.5) is 5.82 Å². The summed E-state index contributed by atoms with van der Waals surface area (Å²) < 4.78 is 32.3. The molecular formula is C21H22N4O3S. The fourth-order valence-electron chi connectivity index (χ4n) is 2.91. The van der Waals surface area contributed by atoms with Crippen molar-refractivity contribution in [2.24, 2.45) is 0 Å². The van der Waals surface area contributed by atoms with E-state index in [1.165, 1.54) is 19.2 Å². The minimum Gasteiger partial charge on any atom is -0.497 e. The Morgan fingerprint density at radius 1 is 1.10 bits per heavy atom. The summed E-state index contributed by atoms with van der Waals surface area (Å²) in [5.74, 6) is 1.03. The van der Waals surface area contributed by atoms with Gasteiger partial charge >= 0.3 is 0 Å². The number of hydrogen-bond donors (Lipinski definition) is 2. The van der Waals surface area contributed by atoms with E-state index in [1.807, 2.05) is 26.0 Å². The molecule has 3 rings (SSSR count). The first-order valence-electron chi connectivity index (χ1n) is 9.04. The SMILES string of the molecule is COc1ccc(S(=O)(=O)NCCNc2nc3c(C)c(C)ccc3cc2C#N)cc1. The summed E-state index contributed by atoms with van der Waals surface area (Å²) >= 11 is 0. The lowest BCUT2D eigenvalue weighted by Crippen LogP contribution is -2.29. The quantitative estimate of drug-likeness (QED) is 0.580. The molecule has 0 saturated heterocycles. The molecular weight excluding hydrogens is 388 g/mol. The molecule has 0 aliphatic carbocycles. The number of fused-ring (bicyclic) bond motifs is 1. The average molecular weight is 410 g/mol. The first-order chi connectivity index (χ1) is 13.9. The molecule has 1 heterocycles. The van der Waals surface area contributed by atoms with Crippen LogP contribution >= 0.6 is 0 Å². The first kappa shape index (κ1) is 20.6. The number of aryl methyl sites for hydroxylation is 2. The highest BCUT2D eigenvalue weighted by Crippen LogP contribution is 2.24. The molecule has 0 amide bonds. The predicted octanol–water partition coefficient (Wildman–Crippen LogP) is 3.12. The molecule has 0 aliphatic rings. The van der Waals surface area contributed by atoms with Gasteiger partial charge in [0, 0.05) is 18.5 Å². The van der Waals surface area contributed by atoms with Crippen molar-refractivity contribution in [1.29, 1.82) is 5.26 Å². The van der Waals surface area contributed by atoms with Crippen molar-refractivity contribution in [1.82, 2.24) is 9.71 Å². The first-order valence-corrected chi connectivity index (χ1v) is 10.5. The number of nitrogens with zero attached hydrogens (tertiary/aromatic N) is 2. The van der Waals surface area contributed by atoms with Gasteiger partial charge in [-0.05, 0) is 55.3 Å². The zero-order chi connectivity index (χ0) is 21.0. The molecule has 0 aliphatic heterocycles. The number of anilines is 1. The van der Waals surface area contributed by atoms with Gasteiger partial charge in [-0.25, -0.2) is 18.1 Å². The molecule has 1 aromatic heterocycles. The van der Waals surface area contributed by atoms with Crippen LogP contribution in [-0.2, 0) is 10.0 Å². The van der Waals surface area contributed by atoms with Gasteiger partial charge in [-0.2, -0.15) is 5.26 Å². The molecule has 0 atom stereocenters. The van der Waals surface area contributed by atoms with Crippen molar-refractivity contribution in [3.63, 3.8) is 0 Å². The summed E-state index contributed by atoms with van der Waals surface area (Å²) in [6, 6.07) is 14.0. The third kappa shape index (κ3) is 4.47. The number of methoxy groups -OCH3 is 1. The highest BCUT2D eigenvalue weighted by Gasteiger charge is 2.14. The lowest BCUT2D eigenvalue weighted by molar-refractivity contribution is 0.414. The van der Waals surface area contributed by atoms with Crippen molar-refractivity contribution in [3.05, 3.63) is 59.2 Å².